The molecular formula is C19H22N4O3. The number of hydrogen-bond acceptors (Lipinski definition) is 5. The van der Waals surface area contributed by atoms with Crippen LogP contribution in [0.3, 0.4) is 0 Å². The third kappa shape index (κ3) is 4.17. The number of aryl methyl sites for hydroxylation is 2. The van der Waals surface area contributed by atoms with Crippen LogP contribution in [0.5, 0.6) is 0 Å². The van der Waals surface area contributed by atoms with Crippen molar-refractivity contribution in [2.24, 2.45) is 5.92 Å². The summed E-state index contributed by atoms with van der Waals surface area (Å²) in [5.41, 5.74) is 2.69. The standard InChI is InChI=1S/C19H22N4O3/c1-12-11-13(2)21-19(20-12)23-9-7-14(8-10-23)17(24)22-16-5-3-15(4-6-16)18(25)26/h3-6,11,14H,7-10H2,1-2H3,(H,22,24)(H,25,26). The van der Waals surface area contributed by atoms with Crippen LogP contribution in [0.15, 0.2) is 30.3 Å². The number of nitrogens with one attached hydrogen (secondary N) is 1. The number of nitrogens with zero attached hydrogens (tertiary/aromatic N) is 3. The fraction of sp³-hybridized carbons (Fsp3) is 0.368. The molecule has 1 aliphatic rings. The summed E-state index contributed by atoms with van der Waals surface area (Å²) in [6.07, 6.45) is 1.46. The van der Waals surface area contributed by atoms with E-state index in [1.54, 1.807) is 12.1 Å². The van der Waals surface area contributed by atoms with Crippen LogP contribution < -0.4 is 10.2 Å². The predicted molar refractivity (Wildman–Crippen MR) is 98.5 cm³/mol. The van der Waals surface area contributed by atoms with Gasteiger partial charge in [0.25, 0.3) is 0 Å². The Bertz CT molecular complexity index is 792. The molecule has 1 aliphatic heterocycles. The van der Waals surface area contributed by atoms with E-state index in [1.165, 1.54) is 12.1 Å². The van der Waals surface area contributed by atoms with Gasteiger partial charge >= 0.3 is 5.97 Å². The summed E-state index contributed by atoms with van der Waals surface area (Å²) in [5, 5.41) is 11.8. The number of anilines is 2. The molecule has 7 nitrogen and oxygen atoms in total. The zero-order valence-corrected chi connectivity index (χ0v) is 14.9. The van der Waals surface area contributed by atoms with Crippen molar-refractivity contribution in [3.05, 3.63) is 47.3 Å². The largest absolute Gasteiger partial charge is 0.478 e. The van der Waals surface area contributed by atoms with Gasteiger partial charge in [0.1, 0.15) is 0 Å². The number of aromatic nitrogens is 2. The quantitative estimate of drug-likeness (QED) is 0.876. The minimum absolute atomic E-state index is 0.0333. The molecule has 0 aliphatic carbocycles. The third-order valence-electron chi connectivity index (χ3n) is 4.52. The number of benzene rings is 1. The Kier molecular flexibility index (Phi) is 5.16. The molecule has 26 heavy (non-hydrogen) atoms. The lowest BCUT2D eigenvalue weighted by Gasteiger charge is -2.31. The molecule has 1 fully saturated rings. The lowest BCUT2D eigenvalue weighted by molar-refractivity contribution is -0.120. The number of aromatic carboxylic acids is 1. The summed E-state index contributed by atoms with van der Waals surface area (Å²) < 4.78 is 0. The first-order chi connectivity index (χ1) is 12.4. The molecule has 136 valence electrons. The molecular weight excluding hydrogens is 332 g/mol. The Balaban J connectivity index is 1.57. The fourth-order valence-corrected chi connectivity index (χ4v) is 3.13. The minimum Gasteiger partial charge on any atom is -0.478 e. The SMILES string of the molecule is Cc1cc(C)nc(N2CCC(C(=O)Nc3ccc(C(=O)O)cc3)CC2)n1. The fourth-order valence-electron chi connectivity index (χ4n) is 3.13. The van der Waals surface area contributed by atoms with Gasteiger partial charge in [0.2, 0.25) is 11.9 Å². The van der Waals surface area contributed by atoms with Crippen LogP contribution in [0.2, 0.25) is 0 Å². The maximum atomic E-state index is 12.5. The first kappa shape index (κ1) is 17.8. The molecule has 0 spiro atoms. The van der Waals surface area contributed by atoms with E-state index in [9.17, 15) is 9.59 Å². The van der Waals surface area contributed by atoms with E-state index >= 15 is 0 Å². The molecule has 1 aromatic carbocycles. The normalized spacial score (nSPS) is 14.9. The summed E-state index contributed by atoms with van der Waals surface area (Å²) in [6, 6.07) is 8.13. The second kappa shape index (κ2) is 7.51. The van der Waals surface area contributed by atoms with Crippen molar-refractivity contribution in [3.63, 3.8) is 0 Å². The Labute approximate surface area is 152 Å². The van der Waals surface area contributed by atoms with Crippen LogP contribution in [0.25, 0.3) is 0 Å². The van der Waals surface area contributed by atoms with Crippen molar-refractivity contribution in [1.29, 1.82) is 0 Å². The number of amides is 1. The summed E-state index contributed by atoms with van der Waals surface area (Å²) in [4.78, 5) is 34.4. The van der Waals surface area contributed by atoms with Crippen LogP contribution in [0.4, 0.5) is 11.6 Å². The summed E-state index contributed by atoms with van der Waals surface area (Å²) >= 11 is 0. The van der Waals surface area contributed by atoms with Gasteiger partial charge in [-0.05, 0) is 57.0 Å². The maximum Gasteiger partial charge on any atom is 0.335 e. The number of carboxylic acid groups (broad SMARTS) is 1. The number of piperidine rings is 1. The highest BCUT2D eigenvalue weighted by Gasteiger charge is 2.26. The summed E-state index contributed by atoms with van der Waals surface area (Å²) in [6.45, 7) is 5.37. The van der Waals surface area contributed by atoms with Crippen LogP contribution in [0, 0.1) is 19.8 Å². The van der Waals surface area contributed by atoms with Crippen LogP contribution in [0.1, 0.15) is 34.6 Å². The number of carbonyl (C=O) groups excluding carboxylic acids is 1. The number of carbonyl (C=O) groups is 2. The minimum atomic E-state index is -0.983. The van der Waals surface area contributed by atoms with E-state index in [0.717, 1.165) is 43.3 Å². The maximum absolute atomic E-state index is 12.5. The Morgan fingerprint density at radius 3 is 2.19 bits per heavy atom. The molecule has 0 atom stereocenters. The van der Waals surface area contributed by atoms with Crippen molar-refractivity contribution < 1.29 is 14.7 Å². The van der Waals surface area contributed by atoms with E-state index in [-0.39, 0.29) is 17.4 Å². The summed E-state index contributed by atoms with van der Waals surface area (Å²) in [7, 11) is 0. The molecule has 1 saturated heterocycles. The average molecular weight is 354 g/mol. The number of carboxylic acids is 1. The molecule has 2 heterocycles. The second-order valence-corrected chi connectivity index (χ2v) is 6.58. The molecule has 0 saturated carbocycles. The highest BCUT2D eigenvalue weighted by atomic mass is 16.4. The van der Waals surface area contributed by atoms with E-state index in [4.69, 9.17) is 5.11 Å². The van der Waals surface area contributed by atoms with Crippen LogP contribution in [-0.2, 0) is 4.79 Å². The van der Waals surface area contributed by atoms with Crippen LogP contribution in [-0.4, -0.2) is 40.0 Å². The topological polar surface area (TPSA) is 95.4 Å². The van der Waals surface area contributed by atoms with Crippen molar-refractivity contribution in [1.82, 2.24) is 9.97 Å². The zero-order chi connectivity index (χ0) is 18.7. The molecule has 2 aromatic rings. The van der Waals surface area contributed by atoms with E-state index in [1.807, 2.05) is 19.9 Å². The predicted octanol–water partition coefficient (Wildman–Crippen LogP) is 2.65. The van der Waals surface area contributed by atoms with Gasteiger partial charge in [0.15, 0.2) is 0 Å². The van der Waals surface area contributed by atoms with Gasteiger partial charge in [-0.25, -0.2) is 14.8 Å². The Hall–Kier alpha value is -2.96. The monoisotopic (exact) mass is 354 g/mol. The lowest BCUT2D eigenvalue weighted by Crippen LogP contribution is -2.39. The molecule has 2 N–H and O–H groups in total. The molecule has 3 rings (SSSR count). The van der Waals surface area contributed by atoms with Gasteiger partial charge in [0.05, 0.1) is 5.56 Å². The van der Waals surface area contributed by atoms with Crippen molar-refractivity contribution >= 4 is 23.5 Å². The van der Waals surface area contributed by atoms with E-state index in [0.29, 0.717) is 5.69 Å². The van der Waals surface area contributed by atoms with Gasteiger partial charge < -0.3 is 15.3 Å². The first-order valence-electron chi connectivity index (χ1n) is 8.64. The van der Waals surface area contributed by atoms with E-state index in [2.05, 4.69) is 20.2 Å². The third-order valence-corrected chi connectivity index (χ3v) is 4.52. The zero-order valence-electron chi connectivity index (χ0n) is 14.9. The van der Waals surface area contributed by atoms with Gasteiger partial charge in [-0.1, -0.05) is 0 Å². The highest BCUT2D eigenvalue weighted by molar-refractivity contribution is 5.93. The average Bonchev–Trinajstić information content (AvgIpc) is 2.61. The lowest BCUT2D eigenvalue weighted by atomic mass is 9.96. The summed E-state index contributed by atoms with van der Waals surface area (Å²) in [5.74, 6) is -0.361. The molecule has 0 radical (unpaired) electrons. The molecule has 0 unspecified atom stereocenters. The van der Waals surface area contributed by atoms with Gasteiger partial charge in [0, 0.05) is 36.1 Å². The van der Waals surface area contributed by atoms with Gasteiger partial charge in [-0.3, -0.25) is 4.79 Å². The second-order valence-electron chi connectivity index (χ2n) is 6.58. The molecule has 0 bridgehead atoms. The smallest absolute Gasteiger partial charge is 0.335 e. The van der Waals surface area contributed by atoms with E-state index < -0.39 is 5.97 Å². The van der Waals surface area contributed by atoms with Crippen molar-refractivity contribution in [2.45, 2.75) is 26.7 Å². The van der Waals surface area contributed by atoms with Gasteiger partial charge in [-0.2, -0.15) is 0 Å². The first-order valence-corrected chi connectivity index (χ1v) is 8.64. The van der Waals surface area contributed by atoms with Crippen LogP contribution >= 0.6 is 0 Å². The highest BCUT2D eigenvalue weighted by Crippen LogP contribution is 2.23. The number of rotatable bonds is 4. The van der Waals surface area contributed by atoms with Crippen molar-refractivity contribution in [3.8, 4) is 0 Å². The molecule has 7 heteroatoms. The molecule has 1 aromatic heterocycles. The Morgan fingerprint density at radius 1 is 1.08 bits per heavy atom. The van der Waals surface area contributed by atoms with Gasteiger partial charge in [-0.15, -0.1) is 0 Å². The molecule has 1 amide bonds. The van der Waals surface area contributed by atoms with Crippen molar-refractivity contribution in [2.75, 3.05) is 23.3 Å². The number of hydrogen-bond donors (Lipinski definition) is 2. The Morgan fingerprint density at radius 2 is 1.65 bits per heavy atom.